The number of rotatable bonds is 5. The Morgan fingerprint density at radius 2 is 1.67 bits per heavy atom. The van der Waals surface area contributed by atoms with Gasteiger partial charge in [-0.3, -0.25) is 4.79 Å². The lowest BCUT2D eigenvalue weighted by molar-refractivity contribution is 0.0621. The van der Waals surface area contributed by atoms with E-state index < -0.39 is 5.91 Å². The standard InChI is InChI=1S/C26H37N3O4/c1-17-12-19-13-18(2)15-26(14-17,16-19)28-25(31)27-21-4-3-5-22(11-8-21)33-23-9-6-20(7-10-23)24(30)29-32/h6-7,9-10,17-19,21-22H,3-5,8,11-16H2,1-2H3,(H2,27,28,31). The van der Waals surface area contributed by atoms with Crippen LogP contribution in [0.15, 0.2) is 29.4 Å². The van der Waals surface area contributed by atoms with Crippen molar-refractivity contribution in [1.82, 2.24) is 10.6 Å². The van der Waals surface area contributed by atoms with Crippen LogP contribution in [0.4, 0.5) is 4.79 Å². The topological polar surface area (TPSA) is 96.9 Å². The molecule has 0 heterocycles. The molecule has 33 heavy (non-hydrogen) atoms. The molecular formula is C26H37N3O4. The van der Waals surface area contributed by atoms with Crippen LogP contribution in [0.5, 0.6) is 5.75 Å². The lowest BCUT2D eigenvalue weighted by Crippen LogP contribution is -2.59. The van der Waals surface area contributed by atoms with Gasteiger partial charge in [-0.25, -0.2) is 4.79 Å². The molecule has 2 N–H and O–H groups in total. The van der Waals surface area contributed by atoms with Crippen LogP contribution in [0.1, 0.15) is 88.4 Å². The average molecular weight is 456 g/mol. The lowest BCUT2D eigenvalue weighted by atomic mass is 9.61. The largest absolute Gasteiger partial charge is 0.490 e. The van der Waals surface area contributed by atoms with Crippen molar-refractivity contribution in [1.29, 1.82) is 0 Å². The molecule has 4 unspecified atom stereocenters. The van der Waals surface area contributed by atoms with E-state index >= 15 is 0 Å². The number of carbonyl (C=O) groups is 2. The number of amides is 3. The molecule has 0 radical (unpaired) electrons. The van der Waals surface area contributed by atoms with Gasteiger partial charge in [0.1, 0.15) is 5.75 Å². The summed E-state index contributed by atoms with van der Waals surface area (Å²) in [7, 11) is 0. The highest BCUT2D eigenvalue weighted by Crippen LogP contribution is 2.47. The predicted molar refractivity (Wildman–Crippen MR) is 127 cm³/mol. The van der Waals surface area contributed by atoms with Gasteiger partial charge in [0, 0.05) is 22.3 Å². The van der Waals surface area contributed by atoms with E-state index in [2.05, 4.69) is 29.7 Å². The SMILES string of the molecule is CC1CC2CC(C)CC(NC(=O)NC3CCCC(Oc4ccc(C(=O)N=O)cc4)CC3)(C1)C2. The van der Waals surface area contributed by atoms with Crippen molar-refractivity contribution in [2.24, 2.45) is 22.9 Å². The summed E-state index contributed by atoms with van der Waals surface area (Å²) >= 11 is 0. The van der Waals surface area contributed by atoms with Gasteiger partial charge in [-0.2, -0.15) is 0 Å². The Balaban J connectivity index is 1.27. The highest BCUT2D eigenvalue weighted by molar-refractivity contribution is 5.94. The van der Waals surface area contributed by atoms with Crippen LogP contribution >= 0.6 is 0 Å². The van der Waals surface area contributed by atoms with Crippen molar-refractivity contribution >= 4 is 11.9 Å². The van der Waals surface area contributed by atoms with Crippen molar-refractivity contribution in [2.45, 2.75) is 95.7 Å². The van der Waals surface area contributed by atoms with E-state index in [1.807, 2.05) is 0 Å². The molecule has 0 saturated heterocycles. The molecule has 3 fully saturated rings. The predicted octanol–water partition coefficient (Wildman–Crippen LogP) is 5.58. The number of hydrogen-bond acceptors (Lipinski definition) is 4. The van der Waals surface area contributed by atoms with E-state index in [4.69, 9.17) is 4.74 Å². The van der Waals surface area contributed by atoms with Crippen LogP contribution in [0, 0.1) is 22.7 Å². The van der Waals surface area contributed by atoms with Gasteiger partial charge in [0.05, 0.1) is 6.10 Å². The summed E-state index contributed by atoms with van der Waals surface area (Å²) in [4.78, 5) is 34.7. The molecular weight excluding hydrogens is 418 g/mol. The number of urea groups is 1. The Labute approximate surface area is 196 Å². The van der Waals surface area contributed by atoms with Gasteiger partial charge in [0.15, 0.2) is 0 Å². The molecule has 0 aromatic heterocycles. The third-order valence-corrected chi connectivity index (χ3v) is 7.75. The van der Waals surface area contributed by atoms with Crippen molar-refractivity contribution in [3.8, 4) is 5.75 Å². The Hall–Kier alpha value is -2.44. The molecule has 3 aliphatic carbocycles. The number of nitrogens with one attached hydrogen (secondary N) is 2. The van der Waals surface area contributed by atoms with E-state index in [0.717, 1.165) is 57.3 Å². The summed E-state index contributed by atoms with van der Waals surface area (Å²) in [5.74, 6) is 2.00. The summed E-state index contributed by atoms with van der Waals surface area (Å²) < 4.78 is 6.11. The van der Waals surface area contributed by atoms with Gasteiger partial charge in [-0.1, -0.05) is 13.8 Å². The van der Waals surface area contributed by atoms with Crippen LogP contribution in [0.2, 0.25) is 0 Å². The normalized spacial score (nSPS) is 33.9. The molecule has 4 atom stereocenters. The van der Waals surface area contributed by atoms with Crippen molar-refractivity contribution < 1.29 is 14.3 Å². The summed E-state index contributed by atoms with van der Waals surface area (Å²) in [5.41, 5.74) is 0.229. The number of nitrogens with zero attached hydrogens (tertiary/aromatic N) is 1. The second kappa shape index (κ2) is 10.2. The van der Waals surface area contributed by atoms with Crippen LogP contribution in [-0.2, 0) is 0 Å². The first-order valence-electron chi connectivity index (χ1n) is 12.6. The first-order chi connectivity index (χ1) is 15.8. The number of nitroso groups, excluding NO2 is 1. The molecule has 0 aliphatic heterocycles. The minimum atomic E-state index is -0.774. The fourth-order valence-electron chi connectivity index (χ4n) is 6.77. The number of hydrogen-bond donors (Lipinski definition) is 2. The zero-order valence-corrected chi connectivity index (χ0v) is 19.8. The van der Waals surface area contributed by atoms with Crippen LogP contribution < -0.4 is 15.4 Å². The Kier molecular flexibility index (Phi) is 7.35. The second-order valence-corrected chi connectivity index (χ2v) is 10.9. The fourth-order valence-corrected chi connectivity index (χ4v) is 6.77. The Morgan fingerprint density at radius 3 is 2.33 bits per heavy atom. The van der Waals surface area contributed by atoms with Gasteiger partial charge >= 0.3 is 11.9 Å². The van der Waals surface area contributed by atoms with Gasteiger partial charge in [0.2, 0.25) is 0 Å². The maximum absolute atomic E-state index is 13.0. The molecule has 7 heteroatoms. The lowest BCUT2D eigenvalue weighted by Gasteiger charge is -2.50. The number of benzene rings is 1. The third-order valence-electron chi connectivity index (χ3n) is 7.75. The Bertz CT molecular complexity index is 836. The molecule has 3 aliphatic rings. The number of carbonyl (C=O) groups excluding carboxylic acids is 2. The summed E-state index contributed by atoms with van der Waals surface area (Å²) in [6.07, 6.45) is 10.6. The molecule has 7 nitrogen and oxygen atoms in total. The molecule has 1 aromatic carbocycles. The highest BCUT2D eigenvalue weighted by atomic mass is 16.5. The van der Waals surface area contributed by atoms with E-state index in [0.29, 0.717) is 17.6 Å². The van der Waals surface area contributed by atoms with Crippen LogP contribution in [0.3, 0.4) is 0 Å². The maximum Gasteiger partial charge on any atom is 0.316 e. The average Bonchev–Trinajstić information content (AvgIpc) is 2.97. The van der Waals surface area contributed by atoms with Gasteiger partial charge in [-0.15, -0.1) is 4.91 Å². The maximum atomic E-state index is 13.0. The molecule has 2 bridgehead atoms. The molecule has 3 saturated carbocycles. The van der Waals surface area contributed by atoms with Gasteiger partial charge in [0.25, 0.3) is 0 Å². The highest BCUT2D eigenvalue weighted by Gasteiger charge is 2.45. The first-order valence-corrected chi connectivity index (χ1v) is 12.6. The van der Waals surface area contributed by atoms with E-state index in [1.165, 1.54) is 12.8 Å². The van der Waals surface area contributed by atoms with E-state index in [-0.39, 0.29) is 29.3 Å². The van der Waals surface area contributed by atoms with Gasteiger partial charge in [-0.05, 0) is 106 Å². The molecule has 180 valence electrons. The molecule has 4 rings (SSSR count). The third kappa shape index (κ3) is 6.12. The number of ether oxygens (including phenoxy) is 1. The summed E-state index contributed by atoms with van der Waals surface area (Å²) in [5, 5.41) is 9.12. The van der Waals surface area contributed by atoms with Crippen LogP contribution in [-0.4, -0.2) is 29.6 Å². The molecule has 0 spiro atoms. The van der Waals surface area contributed by atoms with Crippen molar-refractivity contribution in [3.05, 3.63) is 34.7 Å². The zero-order chi connectivity index (χ0) is 23.4. The number of fused-ring (bicyclic) bond motifs is 2. The fraction of sp³-hybridized carbons (Fsp3) is 0.692. The molecule has 1 aromatic rings. The minimum Gasteiger partial charge on any atom is -0.490 e. The van der Waals surface area contributed by atoms with Gasteiger partial charge < -0.3 is 15.4 Å². The van der Waals surface area contributed by atoms with Crippen LogP contribution in [0.25, 0.3) is 0 Å². The smallest absolute Gasteiger partial charge is 0.316 e. The van der Waals surface area contributed by atoms with E-state index in [1.54, 1.807) is 24.3 Å². The second-order valence-electron chi connectivity index (χ2n) is 10.9. The zero-order valence-electron chi connectivity index (χ0n) is 19.8. The quantitative estimate of drug-likeness (QED) is 0.447. The van der Waals surface area contributed by atoms with Crippen molar-refractivity contribution in [3.63, 3.8) is 0 Å². The minimum absolute atomic E-state index is 0.00892. The van der Waals surface area contributed by atoms with Crippen molar-refractivity contribution in [2.75, 3.05) is 0 Å². The first kappa shape index (κ1) is 23.7. The summed E-state index contributed by atoms with van der Waals surface area (Å²) in [6, 6.07) is 6.68. The Morgan fingerprint density at radius 1 is 0.970 bits per heavy atom. The monoisotopic (exact) mass is 455 g/mol. The molecule has 3 amide bonds. The summed E-state index contributed by atoms with van der Waals surface area (Å²) in [6.45, 7) is 4.65. The van der Waals surface area contributed by atoms with E-state index in [9.17, 15) is 14.5 Å².